The number of urea groups is 1. The molecule has 2 aliphatic heterocycles. The number of primary amides is 1. The summed E-state index contributed by atoms with van der Waals surface area (Å²) in [5.74, 6) is 0.845. The molecule has 2 saturated heterocycles. The van der Waals surface area contributed by atoms with Gasteiger partial charge in [-0.05, 0) is 43.4 Å². The zero-order valence-electron chi connectivity index (χ0n) is 14.6. The maximum atomic E-state index is 12.4. The summed E-state index contributed by atoms with van der Waals surface area (Å²) < 4.78 is 0. The van der Waals surface area contributed by atoms with Crippen molar-refractivity contribution in [2.45, 2.75) is 51.1 Å². The van der Waals surface area contributed by atoms with Crippen molar-refractivity contribution in [3.05, 3.63) is 23.9 Å². The molecule has 7 heteroatoms. The first-order valence-electron chi connectivity index (χ1n) is 9.19. The van der Waals surface area contributed by atoms with Gasteiger partial charge in [0.2, 0.25) is 5.91 Å². The van der Waals surface area contributed by atoms with Crippen LogP contribution in [0.15, 0.2) is 18.3 Å². The Morgan fingerprint density at radius 3 is 2.64 bits per heavy atom. The number of pyridine rings is 1. The molecule has 3 N–H and O–H groups in total. The molecule has 1 atom stereocenters. The fraction of sp³-hybridized carbons (Fsp3) is 0.611. The van der Waals surface area contributed by atoms with E-state index in [0.717, 1.165) is 30.9 Å². The van der Waals surface area contributed by atoms with Crippen molar-refractivity contribution in [2.24, 2.45) is 5.73 Å². The van der Waals surface area contributed by atoms with Crippen LogP contribution in [0.1, 0.15) is 44.1 Å². The van der Waals surface area contributed by atoms with Gasteiger partial charge in [0, 0.05) is 32.4 Å². The molecule has 136 valence electrons. The van der Waals surface area contributed by atoms with Crippen molar-refractivity contribution >= 4 is 17.8 Å². The minimum absolute atomic E-state index is 0.135. The molecule has 0 aromatic carbocycles. The quantitative estimate of drug-likeness (QED) is 0.867. The molecule has 0 spiro atoms. The molecule has 3 rings (SSSR count). The average Bonchev–Trinajstić information content (AvgIpc) is 2.96. The van der Waals surface area contributed by atoms with E-state index in [1.807, 2.05) is 12.1 Å². The van der Waals surface area contributed by atoms with Crippen LogP contribution in [0.2, 0.25) is 0 Å². The van der Waals surface area contributed by atoms with Crippen LogP contribution in [0.4, 0.5) is 10.6 Å². The lowest BCUT2D eigenvalue weighted by Gasteiger charge is -2.23. The fourth-order valence-electron chi connectivity index (χ4n) is 3.65. The van der Waals surface area contributed by atoms with E-state index in [1.165, 1.54) is 30.6 Å². The van der Waals surface area contributed by atoms with E-state index in [9.17, 15) is 9.59 Å². The van der Waals surface area contributed by atoms with Gasteiger partial charge in [-0.15, -0.1) is 0 Å². The number of hydrogen-bond acceptors (Lipinski definition) is 4. The van der Waals surface area contributed by atoms with Gasteiger partial charge in [-0.3, -0.25) is 4.79 Å². The predicted molar refractivity (Wildman–Crippen MR) is 96.1 cm³/mol. The maximum absolute atomic E-state index is 12.4. The van der Waals surface area contributed by atoms with E-state index in [1.54, 1.807) is 6.20 Å². The summed E-state index contributed by atoms with van der Waals surface area (Å²) in [7, 11) is 0. The van der Waals surface area contributed by atoms with E-state index in [2.05, 4.69) is 15.2 Å². The fourth-order valence-corrected chi connectivity index (χ4v) is 3.65. The summed E-state index contributed by atoms with van der Waals surface area (Å²) >= 11 is 0. The molecule has 0 radical (unpaired) electrons. The second-order valence-electron chi connectivity index (χ2n) is 6.83. The monoisotopic (exact) mass is 345 g/mol. The van der Waals surface area contributed by atoms with Crippen LogP contribution in [0.5, 0.6) is 0 Å². The van der Waals surface area contributed by atoms with E-state index in [4.69, 9.17) is 5.73 Å². The molecule has 2 fully saturated rings. The first-order chi connectivity index (χ1) is 12.1. The molecule has 1 aromatic rings. The van der Waals surface area contributed by atoms with Crippen LogP contribution in [-0.4, -0.2) is 47.5 Å². The summed E-state index contributed by atoms with van der Waals surface area (Å²) in [5.41, 5.74) is 6.36. The Balaban J connectivity index is 1.58. The van der Waals surface area contributed by atoms with E-state index in [-0.39, 0.29) is 5.91 Å². The van der Waals surface area contributed by atoms with Crippen LogP contribution in [0, 0.1) is 0 Å². The molecule has 3 heterocycles. The Labute approximate surface area is 148 Å². The van der Waals surface area contributed by atoms with Gasteiger partial charge in [0.05, 0.1) is 0 Å². The zero-order valence-corrected chi connectivity index (χ0v) is 14.6. The van der Waals surface area contributed by atoms with Crippen molar-refractivity contribution in [1.82, 2.24) is 15.2 Å². The number of carbonyl (C=O) groups excluding carboxylic acids is 2. The summed E-state index contributed by atoms with van der Waals surface area (Å²) in [4.78, 5) is 32.0. The number of nitrogens with zero attached hydrogens (tertiary/aromatic N) is 3. The average molecular weight is 345 g/mol. The molecule has 0 bridgehead atoms. The van der Waals surface area contributed by atoms with E-state index >= 15 is 0 Å². The van der Waals surface area contributed by atoms with Gasteiger partial charge in [-0.25, -0.2) is 9.78 Å². The maximum Gasteiger partial charge on any atom is 0.315 e. The van der Waals surface area contributed by atoms with Crippen LogP contribution in [-0.2, 0) is 11.3 Å². The minimum Gasteiger partial charge on any atom is -0.357 e. The van der Waals surface area contributed by atoms with Gasteiger partial charge in [0.1, 0.15) is 11.9 Å². The highest BCUT2D eigenvalue weighted by Gasteiger charge is 2.32. The summed E-state index contributed by atoms with van der Waals surface area (Å²) in [6.45, 7) is 3.07. The Kier molecular flexibility index (Phi) is 5.73. The second-order valence-corrected chi connectivity index (χ2v) is 6.83. The van der Waals surface area contributed by atoms with Crippen LogP contribution < -0.4 is 16.0 Å². The van der Waals surface area contributed by atoms with E-state index < -0.39 is 12.1 Å². The van der Waals surface area contributed by atoms with Gasteiger partial charge in [-0.1, -0.05) is 12.8 Å². The highest BCUT2D eigenvalue weighted by Crippen LogP contribution is 2.19. The van der Waals surface area contributed by atoms with Gasteiger partial charge < -0.3 is 20.9 Å². The molecule has 0 unspecified atom stereocenters. The van der Waals surface area contributed by atoms with Crippen molar-refractivity contribution < 1.29 is 9.59 Å². The Bertz CT molecular complexity index is 613. The highest BCUT2D eigenvalue weighted by molar-refractivity contribution is 5.87. The van der Waals surface area contributed by atoms with E-state index in [0.29, 0.717) is 19.5 Å². The Hall–Kier alpha value is -2.31. The number of aromatic nitrogens is 1. The van der Waals surface area contributed by atoms with Crippen LogP contribution >= 0.6 is 0 Å². The molecule has 0 aliphatic carbocycles. The summed E-state index contributed by atoms with van der Waals surface area (Å²) in [6.07, 6.45) is 8.25. The third-order valence-corrected chi connectivity index (χ3v) is 5.05. The standard InChI is InChI=1S/C18H27N5O2/c19-18(25)23-11-5-6-15(23)17(24)21-13-14-7-8-20-16(12-14)22-9-3-1-2-4-10-22/h7-8,12,15H,1-6,9-11,13H2,(H2,19,25)(H,21,24)/t15-/m0/s1. The smallest absolute Gasteiger partial charge is 0.315 e. The summed E-state index contributed by atoms with van der Waals surface area (Å²) in [6, 6.07) is 3.00. The number of amides is 3. The number of rotatable bonds is 4. The SMILES string of the molecule is NC(=O)N1CCC[C@H]1C(=O)NCc1ccnc(N2CCCCCC2)c1. The van der Waals surface area contributed by atoms with Crippen LogP contribution in [0.25, 0.3) is 0 Å². The number of anilines is 1. The second kappa shape index (κ2) is 8.18. The van der Waals surface area contributed by atoms with Crippen LogP contribution in [0.3, 0.4) is 0 Å². The van der Waals surface area contributed by atoms with Gasteiger partial charge in [0.15, 0.2) is 0 Å². The largest absolute Gasteiger partial charge is 0.357 e. The third kappa shape index (κ3) is 4.41. The Morgan fingerprint density at radius 1 is 1.16 bits per heavy atom. The van der Waals surface area contributed by atoms with Crippen molar-refractivity contribution in [2.75, 3.05) is 24.5 Å². The topological polar surface area (TPSA) is 91.6 Å². The van der Waals surface area contributed by atoms with Gasteiger partial charge in [0.25, 0.3) is 0 Å². The normalized spacial score (nSPS) is 21.0. The number of nitrogens with one attached hydrogen (secondary N) is 1. The van der Waals surface area contributed by atoms with Crippen molar-refractivity contribution in [3.8, 4) is 0 Å². The molecule has 3 amide bonds. The lowest BCUT2D eigenvalue weighted by molar-refractivity contribution is -0.124. The molecule has 25 heavy (non-hydrogen) atoms. The first-order valence-corrected chi connectivity index (χ1v) is 9.19. The number of likely N-dealkylation sites (tertiary alicyclic amines) is 1. The first kappa shape index (κ1) is 17.5. The molecule has 1 aromatic heterocycles. The lowest BCUT2D eigenvalue weighted by Crippen LogP contribution is -2.47. The number of nitrogens with two attached hydrogens (primary N) is 1. The number of hydrogen-bond donors (Lipinski definition) is 2. The highest BCUT2D eigenvalue weighted by atomic mass is 16.2. The van der Waals surface area contributed by atoms with Crippen molar-refractivity contribution in [3.63, 3.8) is 0 Å². The van der Waals surface area contributed by atoms with Gasteiger partial charge in [-0.2, -0.15) is 0 Å². The predicted octanol–water partition coefficient (Wildman–Crippen LogP) is 1.62. The molecular formula is C18H27N5O2. The lowest BCUT2D eigenvalue weighted by atomic mass is 10.2. The van der Waals surface area contributed by atoms with Crippen molar-refractivity contribution in [1.29, 1.82) is 0 Å². The number of carbonyl (C=O) groups is 2. The molecule has 7 nitrogen and oxygen atoms in total. The minimum atomic E-state index is -0.523. The summed E-state index contributed by atoms with van der Waals surface area (Å²) in [5, 5.41) is 2.93. The third-order valence-electron chi connectivity index (χ3n) is 5.05. The van der Waals surface area contributed by atoms with Gasteiger partial charge >= 0.3 is 6.03 Å². The zero-order chi connectivity index (χ0) is 17.6. The molecule has 2 aliphatic rings. The Morgan fingerprint density at radius 2 is 1.92 bits per heavy atom. The molecular weight excluding hydrogens is 318 g/mol. The molecule has 0 saturated carbocycles.